The molecule has 32 heavy (non-hydrogen) atoms. The quantitative estimate of drug-likeness (QED) is 0.448. The first-order valence-electron chi connectivity index (χ1n) is 11.4. The van der Waals surface area contributed by atoms with E-state index < -0.39 is 11.9 Å². The molecule has 2 amide bonds. The molecular formula is C24H34FN3O4. The Labute approximate surface area is 188 Å². The first kappa shape index (κ1) is 24.2. The van der Waals surface area contributed by atoms with Crippen molar-refractivity contribution < 1.29 is 23.5 Å². The van der Waals surface area contributed by atoms with Crippen molar-refractivity contribution in [1.29, 1.82) is 0 Å². The van der Waals surface area contributed by atoms with Gasteiger partial charge >= 0.3 is 5.97 Å². The van der Waals surface area contributed by atoms with Gasteiger partial charge in [-0.05, 0) is 55.2 Å². The fourth-order valence-electron chi connectivity index (χ4n) is 4.85. The van der Waals surface area contributed by atoms with Crippen molar-refractivity contribution in [2.45, 2.75) is 71.4 Å². The Morgan fingerprint density at radius 1 is 1.38 bits per heavy atom. The highest BCUT2D eigenvalue weighted by molar-refractivity contribution is 6.01. The minimum Gasteiger partial charge on any atom is -0.466 e. The van der Waals surface area contributed by atoms with E-state index in [2.05, 4.69) is 19.2 Å². The van der Waals surface area contributed by atoms with Gasteiger partial charge in [0.25, 0.3) is 5.91 Å². The van der Waals surface area contributed by atoms with Gasteiger partial charge in [0.05, 0.1) is 13.2 Å². The van der Waals surface area contributed by atoms with Crippen LogP contribution < -0.4 is 11.1 Å². The molecule has 0 spiro atoms. The predicted octanol–water partition coefficient (Wildman–Crippen LogP) is 2.86. The summed E-state index contributed by atoms with van der Waals surface area (Å²) in [5.41, 5.74) is 6.73. The highest BCUT2D eigenvalue weighted by Gasteiger charge is 2.40. The van der Waals surface area contributed by atoms with Gasteiger partial charge in [0.2, 0.25) is 5.91 Å². The summed E-state index contributed by atoms with van der Waals surface area (Å²) in [6.45, 7) is 7.91. The number of carbonyl (C=O) groups is 3. The maximum Gasteiger partial charge on any atom is 0.305 e. The number of nitrogens with zero attached hydrogens (tertiary/aromatic N) is 1. The van der Waals surface area contributed by atoms with Crippen molar-refractivity contribution in [2.24, 2.45) is 11.1 Å². The van der Waals surface area contributed by atoms with Gasteiger partial charge in [-0.15, -0.1) is 0 Å². The van der Waals surface area contributed by atoms with Crippen LogP contribution in [0.2, 0.25) is 0 Å². The number of hydrogen-bond donors (Lipinski definition) is 2. The van der Waals surface area contributed by atoms with Gasteiger partial charge < -0.3 is 20.7 Å². The first-order chi connectivity index (χ1) is 15.2. The third kappa shape index (κ3) is 4.95. The smallest absolute Gasteiger partial charge is 0.305 e. The van der Waals surface area contributed by atoms with Crippen LogP contribution in [0.25, 0.3) is 0 Å². The van der Waals surface area contributed by atoms with E-state index in [1.807, 2.05) is 6.92 Å². The van der Waals surface area contributed by atoms with Gasteiger partial charge in [-0.25, -0.2) is 4.39 Å². The number of rotatable bonds is 9. The standard InChI is InChI=1S/C24H34FN3O4/c1-4-6-20(29)32-12-5-7-19(22(26)30)28-13-17-15(23(28)31)8-9-16(21(17)25)18-10-11-27-14-24(18,2)3/h8-9,18-19,27H,4-7,10-14H2,1-3H3,(H2,26,30). The molecular weight excluding hydrogens is 413 g/mol. The lowest BCUT2D eigenvalue weighted by atomic mass is 9.70. The second-order valence-corrected chi connectivity index (χ2v) is 9.47. The number of esters is 1. The number of nitrogens with one attached hydrogen (secondary N) is 1. The molecule has 0 radical (unpaired) electrons. The summed E-state index contributed by atoms with van der Waals surface area (Å²) in [6, 6.07) is 2.52. The van der Waals surface area contributed by atoms with Gasteiger partial charge in [-0.3, -0.25) is 14.4 Å². The van der Waals surface area contributed by atoms with E-state index in [0.717, 1.165) is 19.5 Å². The van der Waals surface area contributed by atoms with Crippen LogP contribution in [0.15, 0.2) is 12.1 Å². The fraction of sp³-hybridized carbons (Fsp3) is 0.625. The van der Waals surface area contributed by atoms with Gasteiger partial charge in [0.15, 0.2) is 0 Å². The van der Waals surface area contributed by atoms with Crippen LogP contribution in [-0.2, 0) is 20.9 Å². The Bertz CT molecular complexity index is 886. The van der Waals surface area contributed by atoms with Crippen molar-refractivity contribution in [3.05, 3.63) is 34.6 Å². The Morgan fingerprint density at radius 3 is 2.78 bits per heavy atom. The van der Waals surface area contributed by atoms with Gasteiger partial charge in [-0.2, -0.15) is 0 Å². The Hall–Kier alpha value is -2.48. The van der Waals surface area contributed by atoms with Gasteiger partial charge in [0, 0.05) is 24.1 Å². The molecule has 0 bridgehead atoms. The number of amides is 2. The molecule has 176 valence electrons. The van der Waals surface area contributed by atoms with E-state index >= 15 is 4.39 Å². The van der Waals surface area contributed by atoms with Gasteiger partial charge in [-0.1, -0.05) is 26.8 Å². The van der Waals surface area contributed by atoms with Gasteiger partial charge in [0.1, 0.15) is 11.9 Å². The van der Waals surface area contributed by atoms with Crippen LogP contribution in [0.5, 0.6) is 0 Å². The van der Waals surface area contributed by atoms with E-state index in [1.165, 1.54) is 4.90 Å². The van der Waals surface area contributed by atoms with E-state index in [-0.39, 0.29) is 48.6 Å². The first-order valence-corrected chi connectivity index (χ1v) is 11.4. The minimum atomic E-state index is -0.877. The van der Waals surface area contributed by atoms with Crippen LogP contribution >= 0.6 is 0 Å². The number of primary amides is 1. The van der Waals surface area contributed by atoms with Crippen molar-refractivity contribution in [3.63, 3.8) is 0 Å². The predicted molar refractivity (Wildman–Crippen MR) is 118 cm³/mol. The zero-order chi connectivity index (χ0) is 23.5. The largest absolute Gasteiger partial charge is 0.466 e. The molecule has 0 aliphatic carbocycles. The van der Waals surface area contributed by atoms with Crippen LogP contribution in [0.3, 0.4) is 0 Å². The van der Waals surface area contributed by atoms with Crippen LogP contribution in [0.1, 0.15) is 80.3 Å². The molecule has 2 unspecified atom stereocenters. The number of piperidine rings is 1. The highest BCUT2D eigenvalue weighted by atomic mass is 19.1. The lowest BCUT2D eigenvalue weighted by molar-refractivity contribution is -0.143. The number of hydrogen-bond acceptors (Lipinski definition) is 5. The summed E-state index contributed by atoms with van der Waals surface area (Å²) < 4.78 is 20.7. The highest BCUT2D eigenvalue weighted by Crippen LogP contribution is 2.42. The van der Waals surface area contributed by atoms with E-state index in [9.17, 15) is 14.4 Å². The van der Waals surface area contributed by atoms with Crippen LogP contribution in [0.4, 0.5) is 4.39 Å². The topological polar surface area (TPSA) is 102 Å². The molecule has 1 fully saturated rings. The second-order valence-electron chi connectivity index (χ2n) is 9.47. The number of benzene rings is 1. The molecule has 8 heteroatoms. The SMILES string of the molecule is CCCC(=O)OCCCC(C(N)=O)N1Cc2c(ccc(C3CCNCC3(C)C)c2F)C1=O. The Balaban J connectivity index is 1.74. The average Bonchev–Trinajstić information content (AvgIpc) is 3.05. The lowest BCUT2D eigenvalue weighted by Crippen LogP contribution is -2.45. The monoisotopic (exact) mass is 447 g/mol. The van der Waals surface area contributed by atoms with E-state index in [1.54, 1.807) is 12.1 Å². The number of ether oxygens (including phenoxy) is 1. The van der Waals surface area contributed by atoms with Crippen molar-refractivity contribution in [1.82, 2.24) is 10.2 Å². The van der Waals surface area contributed by atoms with Crippen LogP contribution in [0, 0.1) is 11.2 Å². The summed E-state index contributed by atoms with van der Waals surface area (Å²) in [5, 5.41) is 3.36. The molecule has 2 heterocycles. The van der Waals surface area contributed by atoms with E-state index in [4.69, 9.17) is 10.5 Å². The second kappa shape index (κ2) is 9.98. The zero-order valence-electron chi connectivity index (χ0n) is 19.2. The van der Waals surface area contributed by atoms with Crippen molar-refractivity contribution in [3.8, 4) is 0 Å². The molecule has 2 aliphatic heterocycles. The summed E-state index contributed by atoms with van der Waals surface area (Å²) in [6.07, 6.45) is 2.51. The maximum atomic E-state index is 15.6. The molecule has 1 saturated heterocycles. The third-order valence-electron chi connectivity index (χ3n) is 6.65. The normalized spacial score (nSPS) is 20.7. The molecule has 3 N–H and O–H groups in total. The number of nitrogens with two attached hydrogens (primary N) is 1. The van der Waals surface area contributed by atoms with E-state index in [0.29, 0.717) is 36.0 Å². The molecule has 2 atom stereocenters. The zero-order valence-corrected chi connectivity index (χ0v) is 19.2. The van der Waals surface area contributed by atoms with Crippen molar-refractivity contribution in [2.75, 3.05) is 19.7 Å². The minimum absolute atomic E-state index is 0.0163. The molecule has 3 rings (SSSR count). The average molecular weight is 448 g/mol. The number of carbonyl (C=O) groups excluding carboxylic acids is 3. The molecule has 2 aliphatic rings. The summed E-state index contributed by atoms with van der Waals surface area (Å²) in [4.78, 5) is 38.0. The fourth-order valence-corrected chi connectivity index (χ4v) is 4.85. The molecule has 0 saturated carbocycles. The summed E-state index contributed by atoms with van der Waals surface area (Å²) in [5.74, 6) is -1.63. The Morgan fingerprint density at radius 2 is 2.12 bits per heavy atom. The summed E-state index contributed by atoms with van der Waals surface area (Å²) in [7, 11) is 0. The molecule has 1 aromatic rings. The molecule has 0 aromatic heterocycles. The van der Waals surface area contributed by atoms with Crippen molar-refractivity contribution >= 4 is 17.8 Å². The van der Waals surface area contributed by atoms with Crippen LogP contribution in [-0.4, -0.2) is 48.4 Å². The maximum absolute atomic E-state index is 15.6. The Kier molecular flexibility index (Phi) is 7.54. The number of fused-ring (bicyclic) bond motifs is 1. The molecule has 7 nitrogen and oxygen atoms in total. The number of halogens is 1. The third-order valence-corrected chi connectivity index (χ3v) is 6.65. The lowest BCUT2D eigenvalue weighted by Gasteiger charge is -2.39. The summed E-state index contributed by atoms with van der Waals surface area (Å²) >= 11 is 0. The molecule has 1 aromatic carbocycles.